The zero-order chi connectivity index (χ0) is 21.2. The monoisotopic (exact) mass is 398 g/mol. The van der Waals surface area contributed by atoms with E-state index in [1.807, 2.05) is 18.4 Å². The zero-order valence-corrected chi connectivity index (χ0v) is 18.2. The van der Waals surface area contributed by atoms with Crippen LogP contribution in [0.3, 0.4) is 0 Å². The van der Waals surface area contributed by atoms with Crippen LogP contribution >= 0.6 is 0 Å². The molecule has 1 aliphatic heterocycles. The summed E-state index contributed by atoms with van der Waals surface area (Å²) in [6, 6.07) is 2.02. The Labute approximate surface area is 174 Å². The summed E-state index contributed by atoms with van der Waals surface area (Å²) in [6.45, 7) is 8.05. The summed E-state index contributed by atoms with van der Waals surface area (Å²) in [5, 5.41) is 9.88. The summed E-state index contributed by atoms with van der Waals surface area (Å²) < 4.78 is 10.2. The molecular formula is C25H34O4. The van der Waals surface area contributed by atoms with Crippen LogP contribution in [0.1, 0.15) is 71.8 Å². The lowest BCUT2D eigenvalue weighted by Crippen LogP contribution is -1.97. The van der Waals surface area contributed by atoms with Crippen molar-refractivity contribution < 1.29 is 19.1 Å². The van der Waals surface area contributed by atoms with E-state index in [-0.39, 0.29) is 17.3 Å². The van der Waals surface area contributed by atoms with Gasteiger partial charge in [-0.15, -0.1) is 0 Å². The van der Waals surface area contributed by atoms with Gasteiger partial charge in [-0.25, -0.2) is 4.79 Å². The molecule has 1 atom stereocenters. The largest absolute Gasteiger partial charge is 0.504 e. The molecule has 1 aromatic rings. The lowest BCUT2D eigenvalue weighted by molar-refractivity contribution is -0.133. The molecule has 1 aliphatic rings. The van der Waals surface area contributed by atoms with Crippen molar-refractivity contribution >= 4 is 5.97 Å². The zero-order valence-electron chi connectivity index (χ0n) is 18.2. The third kappa shape index (κ3) is 7.80. The van der Waals surface area contributed by atoms with Crippen molar-refractivity contribution in [2.75, 3.05) is 0 Å². The molecule has 1 aromatic heterocycles. The average molecular weight is 399 g/mol. The van der Waals surface area contributed by atoms with Crippen LogP contribution in [0.4, 0.5) is 0 Å². The Morgan fingerprint density at radius 3 is 2.55 bits per heavy atom. The fourth-order valence-corrected chi connectivity index (χ4v) is 3.33. The summed E-state index contributed by atoms with van der Waals surface area (Å²) in [4.78, 5) is 11.4. The highest BCUT2D eigenvalue weighted by atomic mass is 16.6. The first-order chi connectivity index (χ1) is 13.9. The number of hydrogen-bond donors (Lipinski definition) is 1. The van der Waals surface area contributed by atoms with Crippen molar-refractivity contribution in [2.45, 2.75) is 72.6 Å². The van der Waals surface area contributed by atoms with Gasteiger partial charge in [-0.2, -0.15) is 0 Å². The van der Waals surface area contributed by atoms with Crippen LogP contribution in [0.25, 0.3) is 0 Å². The summed E-state index contributed by atoms with van der Waals surface area (Å²) in [5.41, 5.74) is 4.39. The molecule has 29 heavy (non-hydrogen) atoms. The van der Waals surface area contributed by atoms with Gasteiger partial charge in [0.1, 0.15) is 0 Å². The van der Waals surface area contributed by atoms with Crippen LogP contribution < -0.4 is 0 Å². The van der Waals surface area contributed by atoms with Gasteiger partial charge in [0.15, 0.2) is 11.5 Å². The Morgan fingerprint density at radius 1 is 1.17 bits per heavy atom. The second-order valence-corrected chi connectivity index (χ2v) is 8.07. The number of carbonyl (C=O) groups excluding carboxylic acids is 1. The van der Waals surface area contributed by atoms with Crippen LogP contribution in [0, 0.1) is 5.92 Å². The average Bonchev–Trinajstić information content (AvgIpc) is 3.27. The number of aliphatic hydroxyl groups excluding tert-OH is 1. The molecule has 0 aromatic carbocycles. The van der Waals surface area contributed by atoms with E-state index in [4.69, 9.17) is 9.15 Å². The van der Waals surface area contributed by atoms with Gasteiger partial charge in [0, 0.05) is 0 Å². The van der Waals surface area contributed by atoms with E-state index in [1.165, 1.54) is 16.7 Å². The van der Waals surface area contributed by atoms with Crippen LogP contribution in [0.5, 0.6) is 0 Å². The van der Waals surface area contributed by atoms with Crippen molar-refractivity contribution in [2.24, 2.45) is 5.92 Å². The molecule has 158 valence electrons. The van der Waals surface area contributed by atoms with E-state index >= 15 is 0 Å². The Morgan fingerprint density at radius 2 is 1.90 bits per heavy atom. The minimum absolute atomic E-state index is 0.0221. The first kappa shape index (κ1) is 22.8. The second-order valence-electron chi connectivity index (χ2n) is 8.07. The van der Waals surface area contributed by atoms with Crippen LogP contribution in [-0.4, -0.2) is 11.1 Å². The number of aliphatic hydroxyl groups is 1. The number of aryl methyl sites for hydroxylation is 1. The van der Waals surface area contributed by atoms with Gasteiger partial charge in [0.25, 0.3) is 0 Å². The van der Waals surface area contributed by atoms with E-state index in [0.717, 1.165) is 44.9 Å². The van der Waals surface area contributed by atoms with Gasteiger partial charge in [-0.05, 0) is 89.3 Å². The summed E-state index contributed by atoms with van der Waals surface area (Å²) in [5.74, 6) is 0.0815. The number of hydrogen-bond acceptors (Lipinski definition) is 4. The molecule has 0 amide bonds. The summed E-state index contributed by atoms with van der Waals surface area (Å²) in [6.07, 6.45) is 17.4. The predicted molar refractivity (Wildman–Crippen MR) is 116 cm³/mol. The SMILES string of the molecule is CC(=CCCc1ccoc1)CCC=C(C)CCCC(C)C=C1OC(=O)C(C)=C1O. The van der Waals surface area contributed by atoms with Gasteiger partial charge in [0.05, 0.1) is 18.1 Å². The Bertz CT molecular complexity index is 791. The highest BCUT2D eigenvalue weighted by Crippen LogP contribution is 2.26. The maximum Gasteiger partial charge on any atom is 0.343 e. The van der Waals surface area contributed by atoms with Crippen molar-refractivity contribution in [1.82, 2.24) is 0 Å². The molecule has 0 saturated carbocycles. The smallest absolute Gasteiger partial charge is 0.343 e. The maximum atomic E-state index is 11.4. The fraction of sp³-hybridized carbons (Fsp3) is 0.480. The Balaban J connectivity index is 1.63. The number of ether oxygens (including phenoxy) is 1. The first-order valence-corrected chi connectivity index (χ1v) is 10.5. The van der Waals surface area contributed by atoms with Crippen molar-refractivity contribution in [3.8, 4) is 0 Å². The molecular weight excluding hydrogens is 364 g/mol. The molecule has 1 unspecified atom stereocenters. The Kier molecular flexibility index (Phi) is 9.04. The molecule has 2 rings (SSSR count). The molecule has 4 heteroatoms. The number of furan rings is 1. The van der Waals surface area contributed by atoms with Crippen molar-refractivity contribution in [1.29, 1.82) is 0 Å². The summed E-state index contributed by atoms with van der Waals surface area (Å²) in [7, 11) is 0. The highest BCUT2D eigenvalue weighted by Gasteiger charge is 2.26. The molecule has 2 heterocycles. The Hall–Kier alpha value is -2.49. The van der Waals surface area contributed by atoms with E-state index in [1.54, 1.807) is 13.2 Å². The standard InChI is InChI=1S/C25H34O4/c1-18(8-5-9-19(2)11-7-13-22-14-15-28-17-22)10-6-12-20(3)16-23-24(26)21(4)25(27)29-23/h8,11,14-17,20,26H,5-7,9-10,12-13H2,1-4H3. The van der Waals surface area contributed by atoms with Gasteiger partial charge < -0.3 is 14.3 Å². The molecule has 0 spiro atoms. The third-order valence-corrected chi connectivity index (χ3v) is 5.30. The second kappa shape index (κ2) is 11.5. The van der Waals surface area contributed by atoms with E-state index in [9.17, 15) is 9.90 Å². The lowest BCUT2D eigenvalue weighted by Gasteiger charge is -2.08. The van der Waals surface area contributed by atoms with Crippen LogP contribution in [0.15, 0.2) is 69.5 Å². The third-order valence-electron chi connectivity index (χ3n) is 5.30. The lowest BCUT2D eigenvalue weighted by atomic mass is 9.99. The maximum absolute atomic E-state index is 11.4. The molecule has 0 aliphatic carbocycles. The van der Waals surface area contributed by atoms with Gasteiger partial charge in [-0.1, -0.05) is 30.2 Å². The van der Waals surface area contributed by atoms with E-state index < -0.39 is 5.97 Å². The topological polar surface area (TPSA) is 59.7 Å². The van der Waals surface area contributed by atoms with Gasteiger partial charge >= 0.3 is 5.97 Å². The minimum atomic E-state index is -0.453. The first-order valence-electron chi connectivity index (χ1n) is 10.5. The quantitative estimate of drug-likeness (QED) is 0.323. The molecule has 4 nitrogen and oxygen atoms in total. The predicted octanol–water partition coefficient (Wildman–Crippen LogP) is 6.96. The number of carbonyl (C=O) groups is 1. The van der Waals surface area contributed by atoms with Crippen LogP contribution in [-0.2, 0) is 16.0 Å². The molecule has 0 fully saturated rings. The molecule has 0 radical (unpaired) electrons. The summed E-state index contributed by atoms with van der Waals surface area (Å²) >= 11 is 0. The molecule has 1 N–H and O–H groups in total. The molecule has 0 saturated heterocycles. The number of rotatable bonds is 11. The fourth-order valence-electron chi connectivity index (χ4n) is 3.33. The number of cyclic esters (lactones) is 1. The van der Waals surface area contributed by atoms with E-state index in [2.05, 4.69) is 32.9 Å². The van der Waals surface area contributed by atoms with Gasteiger partial charge in [0.2, 0.25) is 0 Å². The molecule has 0 bridgehead atoms. The highest BCUT2D eigenvalue weighted by molar-refractivity contribution is 5.93. The van der Waals surface area contributed by atoms with E-state index in [0.29, 0.717) is 5.76 Å². The van der Waals surface area contributed by atoms with Gasteiger partial charge in [-0.3, -0.25) is 0 Å². The van der Waals surface area contributed by atoms with Crippen molar-refractivity contribution in [3.63, 3.8) is 0 Å². The number of esters is 1. The normalized spacial score (nSPS) is 17.9. The van der Waals surface area contributed by atoms with Crippen molar-refractivity contribution in [3.05, 3.63) is 70.6 Å². The number of allylic oxidation sites excluding steroid dienone is 5. The minimum Gasteiger partial charge on any atom is -0.504 e. The van der Waals surface area contributed by atoms with Crippen LogP contribution in [0.2, 0.25) is 0 Å².